The molecule has 0 fully saturated rings. The molecule has 5 aromatic carbocycles. The second kappa shape index (κ2) is 13.0. The molecule has 0 saturated heterocycles. The van der Waals surface area contributed by atoms with Crippen molar-refractivity contribution in [1.29, 1.82) is 0 Å². The zero-order chi connectivity index (χ0) is 33.2. The smallest absolute Gasteiger partial charge is 0.357 e. The molecule has 240 valence electrons. The molecule has 5 aromatic rings. The van der Waals surface area contributed by atoms with E-state index in [0.29, 0.717) is 18.6 Å². The van der Waals surface area contributed by atoms with Crippen molar-refractivity contribution in [3.63, 3.8) is 0 Å². The first-order chi connectivity index (χ1) is 22.4. The summed E-state index contributed by atoms with van der Waals surface area (Å²) in [7, 11) is -2.68. The van der Waals surface area contributed by atoms with Crippen molar-refractivity contribution >= 4 is 46.0 Å². The molecule has 1 aliphatic carbocycles. The summed E-state index contributed by atoms with van der Waals surface area (Å²) >= 11 is 5.51. The van der Waals surface area contributed by atoms with Gasteiger partial charge in [0, 0.05) is 21.6 Å². The number of hydrogen-bond donors (Lipinski definition) is 2. The Bertz CT molecular complexity index is 1790. The predicted molar refractivity (Wildman–Crippen MR) is 180 cm³/mol. The Morgan fingerprint density at radius 1 is 0.638 bits per heavy atom. The Hall–Kier alpha value is -4.40. The Morgan fingerprint density at radius 3 is 1.55 bits per heavy atom. The summed E-state index contributed by atoms with van der Waals surface area (Å²) in [5.41, 5.74) is -1.29. The fourth-order valence-corrected chi connectivity index (χ4v) is 10.0. The van der Waals surface area contributed by atoms with Crippen LogP contribution in [-0.4, -0.2) is 11.2 Å². The van der Waals surface area contributed by atoms with Crippen LogP contribution in [0.5, 0.6) is 0 Å². The quantitative estimate of drug-likeness (QED) is 0.107. The lowest BCUT2D eigenvalue weighted by Crippen LogP contribution is -2.40. The van der Waals surface area contributed by atoms with Crippen LogP contribution in [0.25, 0.3) is 0 Å². The zero-order valence-electron chi connectivity index (χ0n) is 24.6. The highest BCUT2D eigenvalue weighted by Gasteiger charge is 2.39. The highest BCUT2D eigenvalue weighted by atomic mass is 32.1. The molecular formula is C36H28F6N3PS. The zero-order valence-corrected chi connectivity index (χ0v) is 26.3. The lowest BCUT2D eigenvalue weighted by Gasteiger charge is -2.31. The molecule has 2 atom stereocenters. The van der Waals surface area contributed by atoms with Crippen LogP contribution >= 0.6 is 19.3 Å². The van der Waals surface area contributed by atoms with E-state index in [1.54, 1.807) is 0 Å². The van der Waals surface area contributed by atoms with Gasteiger partial charge < -0.3 is 10.6 Å². The van der Waals surface area contributed by atoms with Gasteiger partial charge in [0.25, 0.3) is 0 Å². The first-order valence-corrected chi connectivity index (χ1v) is 16.8. The molecule has 0 saturated carbocycles. The molecule has 0 aliphatic heterocycles. The Kier molecular flexibility index (Phi) is 9.01. The fourth-order valence-electron chi connectivity index (χ4n) is 5.97. The van der Waals surface area contributed by atoms with Crippen LogP contribution in [0.3, 0.4) is 0 Å². The van der Waals surface area contributed by atoms with Crippen LogP contribution in [0, 0.1) is 0 Å². The van der Waals surface area contributed by atoms with Gasteiger partial charge in [-0.1, -0.05) is 115 Å². The molecule has 3 nitrogen and oxygen atoms in total. The SMILES string of the molecule is FC(F)(F)c1cc(NC(=S)N[C@@H]2Cc3ccccc3[C@H]2N=P(c2ccccc2)(c2ccccc2)c2ccccc2)cc(C(F)(F)F)c1. The summed E-state index contributed by atoms with van der Waals surface area (Å²) in [6.45, 7) is 0. The molecule has 11 heteroatoms. The van der Waals surface area contributed by atoms with E-state index in [2.05, 4.69) is 47.0 Å². The molecule has 2 N–H and O–H groups in total. The van der Waals surface area contributed by atoms with Crippen LogP contribution in [0.2, 0.25) is 0 Å². The molecule has 0 amide bonds. The van der Waals surface area contributed by atoms with Gasteiger partial charge in [0.1, 0.15) is 0 Å². The Morgan fingerprint density at radius 2 is 1.09 bits per heavy atom. The van der Waals surface area contributed by atoms with E-state index in [0.717, 1.165) is 27.0 Å². The standard InChI is InChI=1S/C36H28F6N3PS/c37-35(38,39)25-21-26(36(40,41)42)23-27(22-25)43-34(47)44-32-20-24-12-10-11-19-31(24)33(32)45-46(28-13-4-1-5-14-28,29-15-6-2-7-16-29)30-17-8-3-9-18-30/h1-19,21-23,32-33H,20H2,(H2,43,44,47)/t32-,33-/m1/s1. The summed E-state index contributed by atoms with van der Waals surface area (Å²) in [6, 6.07) is 38.4. The Balaban J connectivity index is 1.46. The molecule has 0 heterocycles. The lowest BCUT2D eigenvalue weighted by molar-refractivity contribution is -0.143. The second-order valence-electron chi connectivity index (χ2n) is 11.1. The molecule has 0 spiro atoms. The van der Waals surface area contributed by atoms with Crippen molar-refractivity contribution in [3.8, 4) is 0 Å². The number of nitrogens with zero attached hydrogens (tertiary/aromatic N) is 1. The van der Waals surface area contributed by atoms with Gasteiger partial charge in [0.2, 0.25) is 0 Å². The maximum absolute atomic E-state index is 13.5. The third kappa shape index (κ3) is 6.85. The van der Waals surface area contributed by atoms with E-state index >= 15 is 0 Å². The summed E-state index contributed by atoms with van der Waals surface area (Å²) in [5.74, 6) is 0. The molecule has 0 aromatic heterocycles. The van der Waals surface area contributed by atoms with E-state index < -0.39 is 48.3 Å². The first-order valence-electron chi connectivity index (χ1n) is 14.7. The van der Waals surface area contributed by atoms with Crippen LogP contribution in [0.1, 0.15) is 28.3 Å². The number of nitrogens with one attached hydrogen (secondary N) is 2. The lowest BCUT2D eigenvalue weighted by atomic mass is 10.1. The van der Waals surface area contributed by atoms with Crippen molar-refractivity contribution in [2.24, 2.45) is 4.74 Å². The first kappa shape index (κ1) is 32.5. The molecular weight excluding hydrogens is 651 g/mol. The summed E-state index contributed by atoms with van der Waals surface area (Å²) in [5, 5.41) is 8.77. The van der Waals surface area contributed by atoms with Gasteiger partial charge >= 0.3 is 12.4 Å². The molecule has 47 heavy (non-hydrogen) atoms. The van der Waals surface area contributed by atoms with Gasteiger partial charge in [-0.15, -0.1) is 0 Å². The summed E-state index contributed by atoms with van der Waals surface area (Å²) < 4.78 is 86.9. The van der Waals surface area contributed by atoms with Crippen molar-refractivity contribution in [1.82, 2.24) is 5.32 Å². The maximum atomic E-state index is 13.5. The third-order valence-corrected chi connectivity index (χ3v) is 12.0. The van der Waals surface area contributed by atoms with Crippen LogP contribution in [0.4, 0.5) is 32.0 Å². The molecule has 6 rings (SSSR count). The van der Waals surface area contributed by atoms with Crippen molar-refractivity contribution in [3.05, 3.63) is 156 Å². The van der Waals surface area contributed by atoms with E-state index in [-0.39, 0.29) is 11.2 Å². The van der Waals surface area contributed by atoms with E-state index in [4.69, 9.17) is 17.0 Å². The molecule has 1 aliphatic rings. The number of benzene rings is 5. The number of thiocarbonyl (C=S) groups is 1. The summed E-state index contributed by atoms with van der Waals surface area (Å²) in [6.07, 6.45) is -9.48. The van der Waals surface area contributed by atoms with Gasteiger partial charge in [-0.25, -0.2) is 0 Å². The molecule has 0 bridgehead atoms. The normalized spacial score (nSPS) is 16.3. The van der Waals surface area contributed by atoms with Crippen molar-refractivity contribution in [2.75, 3.05) is 5.32 Å². The monoisotopic (exact) mass is 679 g/mol. The number of alkyl halides is 6. The third-order valence-electron chi connectivity index (χ3n) is 8.04. The van der Waals surface area contributed by atoms with Gasteiger partial charge in [-0.3, -0.25) is 4.74 Å². The van der Waals surface area contributed by atoms with Crippen molar-refractivity contribution < 1.29 is 26.3 Å². The highest BCUT2D eigenvalue weighted by molar-refractivity contribution is 7.87. The minimum absolute atomic E-state index is 0.0875. The summed E-state index contributed by atoms with van der Waals surface area (Å²) in [4.78, 5) is 0. The number of halogens is 6. The maximum Gasteiger partial charge on any atom is 0.416 e. The highest BCUT2D eigenvalue weighted by Crippen LogP contribution is 2.51. The topological polar surface area (TPSA) is 36.4 Å². The van der Waals surface area contributed by atoms with E-state index in [1.807, 2.05) is 78.9 Å². The largest absolute Gasteiger partial charge is 0.416 e. The minimum atomic E-state index is -4.98. The minimum Gasteiger partial charge on any atom is -0.357 e. The van der Waals surface area contributed by atoms with Gasteiger partial charge in [0.15, 0.2) is 5.11 Å². The van der Waals surface area contributed by atoms with Crippen LogP contribution in [0.15, 0.2) is 138 Å². The van der Waals surface area contributed by atoms with E-state index in [9.17, 15) is 26.3 Å². The fraction of sp³-hybridized carbons (Fsp3) is 0.139. The number of fused-ring (bicyclic) bond motifs is 1. The van der Waals surface area contributed by atoms with Gasteiger partial charge in [-0.05, 0) is 48.0 Å². The predicted octanol–water partition coefficient (Wildman–Crippen LogP) is 8.85. The average molecular weight is 680 g/mol. The Labute approximate surface area is 273 Å². The van der Waals surface area contributed by atoms with Crippen molar-refractivity contribution in [2.45, 2.75) is 30.9 Å². The molecule has 0 radical (unpaired) electrons. The van der Waals surface area contributed by atoms with Crippen LogP contribution in [-0.2, 0) is 18.8 Å². The number of rotatable bonds is 6. The second-order valence-corrected chi connectivity index (χ2v) is 14.6. The number of anilines is 1. The van der Waals surface area contributed by atoms with Gasteiger partial charge in [-0.2, -0.15) is 26.3 Å². The van der Waals surface area contributed by atoms with Crippen LogP contribution < -0.4 is 26.5 Å². The van der Waals surface area contributed by atoms with E-state index in [1.165, 1.54) is 0 Å². The average Bonchev–Trinajstić information content (AvgIpc) is 3.39. The van der Waals surface area contributed by atoms with Gasteiger partial charge in [0.05, 0.1) is 30.3 Å². The number of hydrogen-bond acceptors (Lipinski definition) is 2. The molecule has 0 unspecified atom stereocenters.